The zero-order valence-corrected chi connectivity index (χ0v) is 16.8. The highest BCUT2D eigenvalue weighted by Crippen LogP contribution is 2.35. The first-order valence-electron chi connectivity index (χ1n) is 9.55. The van der Waals surface area contributed by atoms with Gasteiger partial charge in [-0.2, -0.15) is 0 Å². The zero-order valence-electron chi connectivity index (χ0n) is 15.9. The monoisotopic (exact) mass is 421 g/mol. The van der Waals surface area contributed by atoms with E-state index in [4.69, 9.17) is 14.4 Å². The Morgan fingerprint density at radius 1 is 1.13 bits per heavy atom. The van der Waals surface area contributed by atoms with Gasteiger partial charge in [0.25, 0.3) is 0 Å². The Morgan fingerprint density at radius 2 is 2.00 bits per heavy atom. The van der Waals surface area contributed by atoms with Crippen LogP contribution < -0.4 is 10.5 Å². The molecule has 2 aromatic carbocycles. The topological polar surface area (TPSA) is 116 Å². The normalized spacial score (nSPS) is 17.3. The van der Waals surface area contributed by atoms with Gasteiger partial charge in [-0.25, -0.2) is 19.3 Å². The van der Waals surface area contributed by atoms with Crippen molar-refractivity contribution in [2.75, 3.05) is 11.9 Å². The Hall–Kier alpha value is -3.14. The molecule has 2 unspecified atom stereocenters. The third kappa shape index (κ3) is 3.70. The van der Waals surface area contributed by atoms with Crippen LogP contribution in [0.4, 0.5) is 11.6 Å². The van der Waals surface area contributed by atoms with Crippen LogP contribution in [0.15, 0.2) is 64.1 Å². The zero-order chi connectivity index (χ0) is 20.5. The third-order valence-electron chi connectivity index (χ3n) is 5.02. The van der Waals surface area contributed by atoms with Crippen LogP contribution in [0.2, 0.25) is 0 Å². The van der Waals surface area contributed by atoms with Crippen molar-refractivity contribution < 1.29 is 13.5 Å². The van der Waals surface area contributed by atoms with Crippen LogP contribution >= 0.6 is 0 Å². The van der Waals surface area contributed by atoms with E-state index in [1.807, 2.05) is 24.3 Å². The summed E-state index contributed by atoms with van der Waals surface area (Å²) in [6.45, 7) is 0.746. The number of hydrogen-bond donors (Lipinski definition) is 2. The second kappa shape index (κ2) is 7.94. The van der Waals surface area contributed by atoms with E-state index in [1.165, 1.54) is 0 Å². The van der Waals surface area contributed by atoms with Gasteiger partial charge < -0.3 is 14.6 Å². The highest BCUT2D eigenvalue weighted by Gasteiger charge is 2.24. The average molecular weight is 421 g/mol. The first-order chi connectivity index (χ1) is 14.7. The third-order valence-corrected chi connectivity index (χ3v) is 5.76. The maximum atomic E-state index is 11.3. The standard InChI is InChI=1S/C21H19N5O3S/c22-30(27)15-6-4-14(5-7-15)24-21-23-10-9-17(25-21)13-3-8-18-16(12-13)20(29-26-18)19-2-1-11-28-19/h3-10,12,19H,1-2,11,22H2,(H,23,24,25). The number of hydrogen-bond acceptors (Lipinski definition) is 7. The fourth-order valence-corrected chi connectivity index (χ4v) is 3.92. The van der Waals surface area contributed by atoms with E-state index in [2.05, 4.69) is 20.4 Å². The van der Waals surface area contributed by atoms with Crippen LogP contribution in [0, 0.1) is 0 Å². The lowest BCUT2D eigenvalue weighted by atomic mass is 10.1. The van der Waals surface area contributed by atoms with Crippen molar-refractivity contribution in [1.29, 1.82) is 0 Å². The number of fused-ring (bicyclic) bond motifs is 1. The average Bonchev–Trinajstić information content (AvgIpc) is 3.43. The summed E-state index contributed by atoms with van der Waals surface area (Å²) in [5.74, 6) is 1.23. The molecule has 8 nitrogen and oxygen atoms in total. The van der Waals surface area contributed by atoms with E-state index >= 15 is 0 Å². The molecule has 3 heterocycles. The molecule has 3 N–H and O–H groups in total. The molecule has 1 aliphatic rings. The van der Waals surface area contributed by atoms with Crippen LogP contribution in [0.5, 0.6) is 0 Å². The lowest BCUT2D eigenvalue weighted by Crippen LogP contribution is -2.03. The van der Waals surface area contributed by atoms with E-state index in [9.17, 15) is 4.21 Å². The molecule has 0 radical (unpaired) electrons. The predicted molar refractivity (Wildman–Crippen MR) is 113 cm³/mol. The van der Waals surface area contributed by atoms with Crippen LogP contribution in [0.25, 0.3) is 22.2 Å². The van der Waals surface area contributed by atoms with Crippen LogP contribution in [0.1, 0.15) is 24.7 Å². The van der Waals surface area contributed by atoms with Crippen molar-refractivity contribution >= 4 is 33.5 Å². The molecule has 1 saturated heterocycles. The van der Waals surface area contributed by atoms with Gasteiger partial charge in [0.05, 0.1) is 10.6 Å². The van der Waals surface area contributed by atoms with E-state index in [0.717, 1.165) is 53.1 Å². The largest absolute Gasteiger partial charge is 0.370 e. The number of rotatable bonds is 5. The molecule has 4 aromatic rings. The molecule has 2 atom stereocenters. The summed E-state index contributed by atoms with van der Waals surface area (Å²) in [5, 5.41) is 13.6. The number of anilines is 2. The molecular formula is C21H19N5O3S. The summed E-state index contributed by atoms with van der Waals surface area (Å²) >= 11 is 0. The van der Waals surface area contributed by atoms with Crippen molar-refractivity contribution in [2.45, 2.75) is 23.8 Å². The molecule has 9 heteroatoms. The Balaban J connectivity index is 1.43. The molecule has 0 amide bonds. The number of nitrogens with zero attached hydrogens (tertiary/aromatic N) is 3. The Morgan fingerprint density at radius 3 is 2.77 bits per heavy atom. The van der Waals surface area contributed by atoms with E-state index in [0.29, 0.717) is 10.8 Å². The number of nitrogens with two attached hydrogens (primary N) is 1. The van der Waals surface area contributed by atoms with Gasteiger partial charge in [0.15, 0.2) is 5.76 Å². The van der Waals surface area contributed by atoms with Crippen molar-refractivity contribution in [1.82, 2.24) is 15.1 Å². The smallest absolute Gasteiger partial charge is 0.227 e. The second-order valence-electron chi connectivity index (χ2n) is 6.99. The fraction of sp³-hybridized carbons (Fsp3) is 0.190. The molecule has 0 bridgehead atoms. The minimum absolute atomic E-state index is 0.0429. The van der Waals surface area contributed by atoms with Gasteiger partial charge >= 0.3 is 0 Å². The van der Waals surface area contributed by atoms with Gasteiger partial charge in [0.1, 0.15) is 22.6 Å². The van der Waals surface area contributed by atoms with Crippen molar-refractivity contribution in [2.24, 2.45) is 5.14 Å². The van der Waals surface area contributed by atoms with Crippen LogP contribution in [-0.4, -0.2) is 25.9 Å². The minimum atomic E-state index is -1.50. The molecule has 5 rings (SSSR count). The second-order valence-corrected chi connectivity index (χ2v) is 8.06. The molecule has 0 spiro atoms. The summed E-state index contributed by atoms with van der Waals surface area (Å²) in [6.07, 6.45) is 3.62. The van der Waals surface area contributed by atoms with Crippen molar-refractivity contribution in [3.8, 4) is 11.3 Å². The minimum Gasteiger partial charge on any atom is -0.370 e. The van der Waals surface area contributed by atoms with E-state index in [-0.39, 0.29) is 6.10 Å². The van der Waals surface area contributed by atoms with Gasteiger partial charge in [-0.1, -0.05) is 11.2 Å². The molecular weight excluding hydrogens is 402 g/mol. The van der Waals surface area contributed by atoms with E-state index in [1.54, 1.807) is 30.5 Å². The molecule has 2 aromatic heterocycles. The maximum absolute atomic E-state index is 11.3. The maximum Gasteiger partial charge on any atom is 0.227 e. The summed E-state index contributed by atoms with van der Waals surface area (Å²) in [5.41, 5.74) is 3.28. The predicted octanol–water partition coefficient (Wildman–Crippen LogP) is 3.86. The highest BCUT2D eigenvalue weighted by molar-refractivity contribution is 7.82. The highest BCUT2D eigenvalue weighted by atomic mass is 32.2. The molecule has 1 aliphatic heterocycles. The Kier molecular flexibility index (Phi) is 4.99. The van der Waals surface area contributed by atoms with Gasteiger partial charge in [-0.15, -0.1) is 0 Å². The lowest BCUT2D eigenvalue weighted by molar-refractivity contribution is 0.0893. The van der Waals surface area contributed by atoms with Crippen molar-refractivity contribution in [3.05, 3.63) is 60.5 Å². The molecule has 1 fully saturated rings. The first-order valence-corrected chi connectivity index (χ1v) is 10.8. The Labute approximate surface area is 175 Å². The van der Waals surface area contributed by atoms with Gasteiger partial charge in [-0.3, -0.25) is 0 Å². The number of aromatic nitrogens is 3. The summed E-state index contributed by atoms with van der Waals surface area (Å²) in [6, 6.07) is 14.7. The summed E-state index contributed by atoms with van der Waals surface area (Å²) in [7, 11) is -1.50. The van der Waals surface area contributed by atoms with Gasteiger partial charge in [0.2, 0.25) is 5.95 Å². The van der Waals surface area contributed by atoms with Gasteiger partial charge in [0, 0.05) is 29.4 Å². The molecule has 0 saturated carbocycles. The molecule has 30 heavy (non-hydrogen) atoms. The SMILES string of the molecule is NS(=O)c1ccc(Nc2nccc(-c3ccc4noc(C5CCCO5)c4c3)n2)cc1. The number of nitrogens with one attached hydrogen (secondary N) is 1. The Bertz CT molecular complexity index is 1220. The molecule has 152 valence electrons. The number of benzene rings is 2. The van der Waals surface area contributed by atoms with Crippen LogP contribution in [-0.2, 0) is 15.7 Å². The van der Waals surface area contributed by atoms with Gasteiger partial charge in [-0.05, 0) is 55.3 Å². The quantitative estimate of drug-likeness (QED) is 0.502. The first kappa shape index (κ1) is 18.9. The van der Waals surface area contributed by atoms with Crippen molar-refractivity contribution in [3.63, 3.8) is 0 Å². The number of ether oxygens (including phenoxy) is 1. The van der Waals surface area contributed by atoms with E-state index < -0.39 is 11.0 Å². The summed E-state index contributed by atoms with van der Waals surface area (Å²) < 4.78 is 22.7. The molecule has 0 aliphatic carbocycles. The van der Waals surface area contributed by atoms with Crippen LogP contribution in [0.3, 0.4) is 0 Å². The lowest BCUT2D eigenvalue weighted by Gasteiger charge is -2.08. The summed E-state index contributed by atoms with van der Waals surface area (Å²) in [4.78, 5) is 9.47. The fourth-order valence-electron chi connectivity index (χ4n) is 3.52.